The van der Waals surface area contributed by atoms with E-state index >= 15 is 0 Å². The largest absolute Gasteiger partial charge is 0.392 e. The van der Waals surface area contributed by atoms with E-state index in [1.165, 1.54) is 0 Å². The molecule has 0 bridgehead atoms. The third-order valence-corrected chi connectivity index (χ3v) is 2.00. The van der Waals surface area contributed by atoms with Crippen molar-refractivity contribution in [1.82, 2.24) is 0 Å². The number of aliphatic hydroxyl groups is 1. The smallest absolute Gasteiger partial charge is 0.135 e. The Hall–Kier alpha value is -0.370. The van der Waals surface area contributed by atoms with Gasteiger partial charge in [-0.1, -0.05) is 13.3 Å². The average Bonchev–Trinajstić information content (AvgIpc) is 2.10. The van der Waals surface area contributed by atoms with Crippen LogP contribution in [-0.4, -0.2) is 17.0 Å². The topological polar surface area (TPSA) is 37.3 Å². The molecular weight excluding hydrogens is 116 g/mol. The summed E-state index contributed by atoms with van der Waals surface area (Å²) in [6, 6.07) is 0. The number of ketones is 1. The zero-order valence-corrected chi connectivity index (χ0v) is 5.63. The van der Waals surface area contributed by atoms with Gasteiger partial charge in [-0.3, -0.25) is 4.79 Å². The van der Waals surface area contributed by atoms with Gasteiger partial charge in [-0.2, -0.15) is 0 Å². The zero-order chi connectivity index (χ0) is 6.85. The minimum Gasteiger partial charge on any atom is -0.392 e. The second-order valence-electron chi connectivity index (χ2n) is 2.68. The summed E-state index contributed by atoms with van der Waals surface area (Å²) in [6.07, 6.45) is 1.56. The van der Waals surface area contributed by atoms with Crippen molar-refractivity contribution in [2.24, 2.45) is 5.92 Å². The molecule has 2 heteroatoms. The highest BCUT2D eigenvalue weighted by Crippen LogP contribution is 2.24. The second kappa shape index (κ2) is 2.48. The predicted octanol–water partition coefficient (Wildman–Crippen LogP) is 0.736. The Morgan fingerprint density at radius 2 is 2.33 bits per heavy atom. The lowest BCUT2D eigenvalue weighted by molar-refractivity contribution is -0.117. The van der Waals surface area contributed by atoms with Gasteiger partial charge in [0.25, 0.3) is 0 Å². The molecule has 0 unspecified atom stereocenters. The van der Waals surface area contributed by atoms with E-state index in [9.17, 15) is 4.79 Å². The molecule has 0 radical (unpaired) electrons. The maximum Gasteiger partial charge on any atom is 0.135 e. The molecule has 52 valence electrons. The molecule has 1 fully saturated rings. The number of hydrogen-bond donors (Lipinski definition) is 1. The van der Waals surface area contributed by atoms with E-state index < -0.39 is 0 Å². The number of Topliss-reactive ketones (excluding diaryl/α,β-unsaturated/α-hetero) is 1. The van der Waals surface area contributed by atoms with Gasteiger partial charge in [0.15, 0.2) is 0 Å². The molecule has 0 amide bonds. The molecule has 1 saturated carbocycles. The molecule has 2 atom stereocenters. The summed E-state index contributed by atoms with van der Waals surface area (Å²) in [4.78, 5) is 10.7. The van der Waals surface area contributed by atoms with Crippen molar-refractivity contribution in [3.63, 3.8) is 0 Å². The van der Waals surface area contributed by atoms with Crippen molar-refractivity contribution >= 4 is 5.78 Å². The van der Waals surface area contributed by atoms with Crippen LogP contribution in [0.25, 0.3) is 0 Å². The van der Waals surface area contributed by atoms with E-state index in [1.807, 2.05) is 6.92 Å². The number of hydrogen-bond acceptors (Lipinski definition) is 2. The first-order chi connectivity index (χ1) is 4.24. The minimum absolute atomic E-state index is 0.217. The molecule has 0 aromatic rings. The standard InChI is InChI=1S/C7H12O2/c1-2-5-3-6(8)4-7(5)9/h5,7,9H,2-4H2,1H3/t5-,7+/m0/s1. The maximum atomic E-state index is 10.7. The number of carbonyl (C=O) groups is 1. The highest BCUT2D eigenvalue weighted by atomic mass is 16.3. The summed E-state index contributed by atoms with van der Waals surface area (Å²) in [5, 5.41) is 9.14. The van der Waals surface area contributed by atoms with Crippen LogP contribution in [-0.2, 0) is 4.79 Å². The molecule has 9 heavy (non-hydrogen) atoms. The van der Waals surface area contributed by atoms with E-state index in [0.29, 0.717) is 12.8 Å². The molecule has 0 aliphatic heterocycles. The molecule has 1 aliphatic carbocycles. The van der Waals surface area contributed by atoms with Gasteiger partial charge in [-0.05, 0) is 5.92 Å². The molecule has 0 aromatic heterocycles. The first kappa shape index (κ1) is 6.75. The van der Waals surface area contributed by atoms with Crippen molar-refractivity contribution in [3.05, 3.63) is 0 Å². The molecule has 0 saturated heterocycles. The Kier molecular flexibility index (Phi) is 1.86. The summed E-state index contributed by atoms with van der Waals surface area (Å²) < 4.78 is 0. The van der Waals surface area contributed by atoms with Gasteiger partial charge in [-0.25, -0.2) is 0 Å². The molecule has 2 nitrogen and oxygen atoms in total. The van der Waals surface area contributed by atoms with Crippen LogP contribution in [0, 0.1) is 5.92 Å². The van der Waals surface area contributed by atoms with E-state index in [1.54, 1.807) is 0 Å². The van der Waals surface area contributed by atoms with Gasteiger partial charge in [0, 0.05) is 12.8 Å². The van der Waals surface area contributed by atoms with Crippen molar-refractivity contribution < 1.29 is 9.90 Å². The van der Waals surface area contributed by atoms with E-state index in [-0.39, 0.29) is 17.8 Å². The monoisotopic (exact) mass is 128 g/mol. The van der Waals surface area contributed by atoms with Gasteiger partial charge < -0.3 is 5.11 Å². The fraction of sp³-hybridized carbons (Fsp3) is 0.857. The molecule has 0 heterocycles. The summed E-state index contributed by atoms with van der Waals surface area (Å²) in [5.41, 5.74) is 0. The van der Waals surface area contributed by atoms with Gasteiger partial charge in [0.1, 0.15) is 5.78 Å². The molecule has 1 N–H and O–H groups in total. The van der Waals surface area contributed by atoms with Crippen LogP contribution in [0.3, 0.4) is 0 Å². The highest BCUT2D eigenvalue weighted by Gasteiger charge is 2.29. The first-order valence-electron chi connectivity index (χ1n) is 3.43. The van der Waals surface area contributed by atoms with Gasteiger partial charge in [0.05, 0.1) is 6.10 Å². The first-order valence-corrected chi connectivity index (χ1v) is 3.43. The number of rotatable bonds is 1. The lowest BCUT2D eigenvalue weighted by Crippen LogP contribution is -2.11. The number of carbonyl (C=O) groups excluding carboxylic acids is 1. The predicted molar refractivity (Wildman–Crippen MR) is 34.0 cm³/mol. The minimum atomic E-state index is -0.345. The Morgan fingerprint density at radius 3 is 2.56 bits per heavy atom. The van der Waals surface area contributed by atoms with Gasteiger partial charge in [0.2, 0.25) is 0 Å². The molecule has 0 aromatic carbocycles. The second-order valence-corrected chi connectivity index (χ2v) is 2.68. The highest BCUT2D eigenvalue weighted by molar-refractivity contribution is 5.81. The van der Waals surface area contributed by atoms with Crippen molar-refractivity contribution in [2.45, 2.75) is 32.3 Å². The van der Waals surface area contributed by atoms with Crippen LogP contribution in [0.5, 0.6) is 0 Å². The van der Waals surface area contributed by atoms with Gasteiger partial charge >= 0.3 is 0 Å². The Bertz CT molecular complexity index is 120. The van der Waals surface area contributed by atoms with Crippen LogP contribution in [0.1, 0.15) is 26.2 Å². The fourth-order valence-corrected chi connectivity index (χ4v) is 1.33. The summed E-state index contributed by atoms with van der Waals surface area (Å²) in [6.45, 7) is 2.01. The van der Waals surface area contributed by atoms with Crippen LogP contribution in [0.4, 0.5) is 0 Å². The third-order valence-electron chi connectivity index (χ3n) is 2.00. The van der Waals surface area contributed by atoms with Crippen LogP contribution in [0.2, 0.25) is 0 Å². The molecule has 0 spiro atoms. The SMILES string of the molecule is CC[C@H]1CC(=O)C[C@H]1O. The molecular formula is C7H12O2. The Balaban J connectivity index is 2.47. The van der Waals surface area contributed by atoms with Crippen molar-refractivity contribution in [1.29, 1.82) is 0 Å². The van der Waals surface area contributed by atoms with Crippen molar-refractivity contribution in [2.75, 3.05) is 0 Å². The van der Waals surface area contributed by atoms with Crippen LogP contribution in [0.15, 0.2) is 0 Å². The summed E-state index contributed by atoms with van der Waals surface area (Å²) in [5.74, 6) is 0.465. The molecule has 1 rings (SSSR count). The van der Waals surface area contributed by atoms with E-state index in [2.05, 4.69) is 0 Å². The Morgan fingerprint density at radius 1 is 1.67 bits per heavy atom. The lowest BCUT2D eigenvalue weighted by atomic mass is 10.0. The third kappa shape index (κ3) is 1.30. The zero-order valence-electron chi connectivity index (χ0n) is 5.63. The normalized spacial score (nSPS) is 35.6. The van der Waals surface area contributed by atoms with Crippen LogP contribution < -0.4 is 0 Å². The Labute approximate surface area is 54.9 Å². The lowest BCUT2D eigenvalue weighted by Gasteiger charge is -2.08. The fourth-order valence-electron chi connectivity index (χ4n) is 1.33. The van der Waals surface area contributed by atoms with Crippen LogP contribution >= 0.6 is 0 Å². The average molecular weight is 128 g/mol. The van der Waals surface area contributed by atoms with E-state index in [0.717, 1.165) is 6.42 Å². The van der Waals surface area contributed by atoms with E-state index in [4.69, 9.17) is 5.11 Å². The summed E-state index contributed by atoms with van der Waals surface area (Å²) >= 11 is 0. The number of aliphatic hydroxyl groups excluding tert-OH is 1. The van der Waals surface area contributed by atoms with Crippen molar-refractivity contribution in [3.8, 4) is 0 Å². The molecule has 1 aliphatic rings. The quantitative estimate of drug-likeness (QED) is 0.565. The maximum absolute atomic E-state index is 10.7. The van der Waals surface area contributed by atoms with Gasteiger partial charge in [-0.15, -0.1) is 0 Å². The summed E-state index contributed by atoms with van der Waals surface area (Å²) in [7, 11) is 0.